The van der Waals surface area contributed by atoms with Gasteiger partial charge in [0.15, 0.2) is 0 Å². The summed E-state index contributed by atoms with van der Waals surface area (Å²) in [6.07, 6.45) is 3.86. The molecule has 2 heteroatoms. The average molecular weight is 252 g/mol. The maximum Gasteiger partial charge on any atom is 0.0351 e. The Labute approximate surface area is 110 Å². The average Bonchev–Trinajstić information content (AvgIpc) is 2.75. The highest BCUT2D eigenvalue weighted by Crippen LogP contribution is 2.23. The molecule has 1 aliphatic rings. The fourth-order valence-electron chi connectivity index (χ4n) is 2.59. The van der Waals surface area contributed by atoms with E-state index in [2.05, 4.69) is 36.9 Å². The van der Waals surface area contributed by atoms with Crippen molar-refractivity contribution in [3.8, 4) is 0 Å². The summed E-state index contributed by atoms with van der Waals surface area (Å²) in [5, 5.41) is 0. The fourth-order valence-corrected chi connectivity index (χ4v) is 2.80. The zero-order chi connectivity index (χ0) is 12.3. The summed E-state index contributed by atoms with van der Waals surface area (Å²) in [6.45, 7) is 6.47. The molecule has 0 aromatic heterocycles. The zero-order valence-corrected chi connectivity index (χ0v) is 11.6. The molecule has 0 heterocycles. The third kappa shape index (κ3) is 3.23. The molecule has 0 fully saturated rings. The molecule has 0 aliphatic heterocycles. The monoisotopic (exact) mass is 251 g/mol. The van der Waals surface area contributed by atoms with E-state index in [9.17, 15) is 0 Å². The molecule has 0 atom stereocenters. The Morgan fingerprint density at radius 3 is 2.71 bits per heavy atom. The van der Waals surface area contributed by atoms with E-state index < -0.39 is 0 Å². The van der Waals surface area contributed by atoms with Crippen LogP contribution in [0.4, 0.5) is 0 Å². The molecule has 2 rings (SSSR count). The van der Waals surface area contributed by atoms with Gasteiger partial charge >= 0.3 is 0 Å². The molecule has 0 amide bonds. The Kier molecular flexibility index (Phi) is 4.47. The summed E-state index contributed by atoms with van der Waals surface area (Å²) in [5.74, 6) is 0.711. The second kappa shape index (κ2) is 5.88. The normalized spacial score (nSPS) is 14.6. The lowest BCUT2D eigenvalue weighted by molar-refractivity contribution is 0.226. The largest absolute Gasteiger partial charge is 0.296 e. The van der Waals surface area contributed by atoms with Crippen molar-refractivity contribution in [2.75, 3.05) is 12.4 Å². The minimum atomic E-state index is 0.557. The third-order valence-corrected chi connectivity index (χ3v) is 3.82. The summed E-state index contributed by atoms with van der Waals surface area (Å²) in [5.41, 5.74) is 4.56. The Hall–Kier alpha value is -0.530. The predicted molar refractivity (Wildman–Crippen MR) is 74.7 cm³/mol. The first-order valence-corrected chi connectivity index (χ1v) is 7.15. The predicted octanol–water partition coefficient (Wildman–Crippen LogP) is 3.62. The van der Waals surface area contributed by atoms with Crippen molar-refractivity contribution in [1.29, 1.82) is 0 Å². The van der Waals surface area contributed by atoms with Gasteiger partial charge in [-0.2, -0.15) is 0 Å². The molecule has 1 aromatic carbocycles. The molecule has 0 N–H and O–H groups in total. The van der Waals surface area contributed by atoms with E-state index in [1.165, 1.54) is 24.8 Å². The van der Waals surface area contributed by atoms with Crippen molar-refractivity contribution in [3.05, 3.63) is 34.9 Å². The summed E-state index contributed by atoms with van der Waals surface area (Å²) in [6, 6.07) is 7.55. The van der Waals surface area contributed by atoms with Crippen molar-refractivity contribution in [2.24, 2.45) is 0 Å². The smallest absolute Gasteiger partial charge is 0.0351 e. The van der Waals surface area contributed by atoms with Gasteiger partial charge in [-0.3, -0.25) is 4.90 Å². The van der Waals surface area contributed by atoms with E-state index in [4.69, 9.17) is 11.6 Å². The molecule has 0 bridgehead atoms. The van der Waals surface area contributed by atoms with Gasteiger partial charge in [0.05, 0.1) is 0 Å². The van der Waals surface area contributed by atoms with Crippen molar-refractivity contribution in [3.63, 3.8) is 0 Å². The van der Waals surface area contributed by atoms with Crippen LogP contribution in [0.25, 0.3) is 0 Å². The molecule has 94 valence electrons. The van der Waals surface area contributed by atoms with Crippen molar-refractivity contribution in [2.45, 2.75) is 45.7 Å². The fraction of sp³-hybridized carbons (Fsp3) is 0.600. The van der Waals surface area contributed by atoms with Crippen LogP contribution < -0.4 is 0 Å². The minimum absolute atomic E-state index is 0.557. The van der Waals surface area contributed by atoms with Gasteiger partial charge in [0.1, 0.15) is 0 Å². The number of hydrogen-bond acceptors (Lipinski definition) is 1. The highest BCUT2D eigenvalue weighted by molar-refractivity contribution is 6.18. The molecular formula is C15H22ClN. The van der Waals surface area contributed by atoms with Gasteiger partial charge in [-0.1, -0.05) is 18.2 Å². The number of halogens is 1. The number of fused-ring (bicyclic) bond motifs is 1. The first-order valence-electron chi connectivity index (χ1n) is 6.61. The molecule has 0 saturated carbocycles. The maximum atomic E-state index is 5.86. The molecular weight excluding hydrogens is 230 g/mol. The zero-order valence-electron chi connectivity index (χ0n) is 10.9. The Morgan fingerprint density at radius 1 is 1.24 bits per heavy atom. The van der Waals surface area contributed by atoms with Gasteiger partial charge in [-0.25, -0.2) is 0 Å². The van der Waals surface area contributed by atoms with E-state index >= 15 is 0 Å². The Morgan fingerprint density at radius 2 is 2.00 bits per heavy atom. The number of benzene rings is 1. The van der Waals surface area contributed by atoms with Crippen LogP contribution in [0.5, 0.6) is 0 Å². The van der Waals surface area contributed by atoms with E-state index in [1.807, 2.05) is 0 Å². The number of aryl methyl sites for hydroxylation is 2. The van der Waals surface area contributed by atoms with Crippen LogP contribution in [0.1, 0.15) is 37.0 Å². The highest BCUT2D eigenvalue weighted by atomic mass is 35.5. The number of rotatable bonds is 5. The first-order chi connectivity index (χ1) is 8.20. The van der Waals surface area contributed by atoms with Gasteiger partial charge in [0.25, 0.3) is 0 Å². The van der Waals surface area contributed by atoms with Gasteiger partial charge in [-0.05, 0) is 49.8 Å². The summed E-state index contributed by atoms with van der Waals surface area (Å²) >= 11 is 5.86. The van der Waals surface area contributed by atoms with Crippen molar-refractivity contribution in [1.82, 2.24) is 4.90 Å². The van der Waals surface area contributed by atoms with Gasteiger partial charge in [0, 0.05) is 25.0 Å². The molecule has 0 spiro atoms. The molecule has 1 nitrogen and oxygen atoms in total. The topological polar surface area (TPSA) is 3.24 Å². The quantitative estimate of drug-likeness (QED) is 0.723. The SMILES string of the molecule is CC(C)N(CCCl)Cc1ccc2c(c1)CCC2. The van der Waals surface area contributed by atoms with E-state index in [-0.39, 0.29) is 0 Å². The van der Waals surface area contributed by atoms with Crippen LogP contribution in [0.15, 0.2) is 18.2 Å². The second-order valence-electron chi connectivity index (χ2n) is 5.21. The molecule has 0 unspecified atom stereocenters. The van der Waals surface area contributed by atoms with Crippen LogP contribution in [-0.4, -0.2) is 23.4 Å². The third-order valence-electron chi connectivity index (χ3n) is 3.65. The van der Waals surface area contributed by atoms with Crippen LogP contribution in [-0.2, 0) is 19.4 Å². The van der Waals surface area contributed by atoms with Crippen molar-refractivity contribution < 1.29 is 0 Å². The summed E-state index contributed by atoms with van der Waals surface area (Å²) in [4.78, 5) is 2.43. The van der Waals surface area contributed by atoms with E-state index in [1.54, 1.807) is 11.1 Å². The van der Waals surface area contributed by atoms with Gasteiger partial charge < -0.3 is 0 Å². The molecule has 0 radical (unpaired) electrons. The summed E-state index contributed by atoms with van der Waals surface area (Å²) < 4.78 is 0. The Bertz CT molecular complexity index is 373. The van der Waals surface area contributed by atoms with Crippen LogP contribution in [0, 0.1) is 0 Å². The standard InChI is InChI=1S/C15H22ClN/c1-12(2)17(9-8-16)11-13-6-7-14-4-3-5-15(14)10-13/h6-7,10,12H,3-5,8-9,11H2,1-2H3. The lowest BCUT2D eigenvalue weighted by atomic mass is 10.1. The summed E-state index contributed by atoms with van der Waals surface area (Å²) in [7, 11) is 0. The first kappa shape index (κ1) is 12.9. The van der Waals surface area contributed by atoms with E-state index in [0.29, 0.717) is 11.9 Å². The number of hydrogen-bond donors (Lipinski definition) is 0. The van der Waals surface area contributed by atoms with Crippen LogP contribution in [0.2, 0.25) is 0 Å². The number of nitrogens with zero attached hydrogens (tertiary/aromatic N) is 1. The van der Waals surface area contributed by atoms with Crippen molar-refractivity contribution >= 4 is 11.6 Å². The Balaban J connectivity index is 2.07. The van der Waals surface area contributed by atoms with E-state index in [0.717, 1.165) is 13.1 Å². The van der Waals surface area contributed by atoms with Crippen LogP contribution >= 0.6 is 11.6 Å². The maximum absolute atomic E-state index is 5.86. The second-order valence-corrected chi connectivity index (χ2v) is 5.59. The molecule has 0 saturated heterocycles. The van der Waals surface area contributed by atoms with Gasteiger partial charge in [-0.15, -0.1) is 11.6 Å². The van der Waals surface area contributed by atoms with Crippen LogP contribution in [0.3, 0.4) is 0 Å². The lowest BCUT2D eigenvalue weighted by Gasteiger charge is -2.25. The molecule has 1 aliphatic carbocycles. The number of alkyl halides is 1. The minimum Gasteiger partial charge on any atom is -0.296 e. The molecule has 17 heavy (non-hydrogen) atoms. The van der Waals surface area contributed by atoms with Gasteiger partial charge in [0.2, 0.25) is 0 Å². The highest BCUT2D eigenvalue weighted by Gasteiger charge is 2.13. The molecule has 1 aromatic rings. The lowest BCUT2D eigenvalue weighted by Crippen LogP contribution is -2.32.